The first-order chi connectivity index (χ1) is 13.4. The lowest BCUT2D eigenvalue weighted by atomic mass is 9.96. The quantitative estimate of drug-likeness (QED) is 0.567. The first-order valence-corrected chi connectivity index (χ1v) is 10.3. The summed E-state index contributed by atoms with van der Waals surface area (Å²) in [6, 6.07) is 10.6. The van der Waals surface area contributed by atoms with E-state index < -0.39 is 6.04 Å². The molecule has 3 aromatic rings. The normalized spacial score (nSPS) is 17.6. The predicted molar refractivity (Wildman–Crippen MR) is 115 cm³/mol. The van der Waals surface area contributed by atoms with Crippen molar-refractivity contribution in [2.45, 2.75) is 25.4 Å². The maximum absolute atomic E-state index is 13.4. The number of likely N-dealkylation sites (N-methyl/N-ethyl adjacent to an activating group) is 1. The molecule has 1 aromatic heterocycles. The highest BCUT2D eigenvalue weighted by Gasteiger charge is 2.34. The van der Waals surface area contributed by atoms with Crippen molar-refractivity contribution in [1.29, 1.82) is 0 Å². The van der Waals surface area contributed by atoms with E-state index in [1.54, 1.807) is 19.2 Å². The number of hydrogen-bond acceptors (Lipinski definition) is 2. The zero-order valence-electron chi connectivity index (χ0n) is 15.5. The average Bonchev–Trinajstić information content (AvgIpc) is 3.04. The number of carbonyl (C=O) groups excluding carboxylic acids is 1. The minimum absolute atomic E-state index is 0.00993. The zero-order chi connectivity index (χ0) is 20.0. The summed E-state index contributed by atoms with van der Waals surface area (Å²) in [5.74, 6) is 0.00993. The molecule has 28 heavy (non-hydrogen) atoms. The molecule has 0 saturated heterocycles. The van der Waals surface area contributed by atoms with Gasteiger partial charge in [0.25, 0.3) is 0 Å². The minimum Gasteiger partial charge on any atom is -0.356 e. The number of halogens is 3. The van der Waals surface area contributed by atoms with Crippen LogP contribution >= 0.6 is 34.8 Å². The van der Waals surface area contributed by atoms with Crippen molar-refractivity contribution < 1.29 is 4.79 Å². The average molecular weight is 437 g/mol. The van der Waals surface area contributed by atoms with Crippen LogP contribution in [0.1, 0.15) is 35.8 Å². The summed E-state index contributed by atoms with van der Waals surface area (Å²) in [5.41, 5.74) is 4.15. The molecule has 4 rings (SSSR count). The van der Waals surface area contributed by atoms with Gasteiger partial charge in [-0.2, -0.15) is 0 Å². The number of aromatic amines is 1. The van der Waals surface area contributed by atoms with Gasteiger partial charge in [-0.05, 0) is 61.9 Å². The number of H-pyrrole nitrogens is 1. The Hall–Kier alpha value is -1.72. The van der Waals surface area contributed by atoms with Crippen LogP contribution in [-0.4, -0.2) is 29.4 Å². The Labute approximate surface area is 178 Å². The Morgan fingerprint density at radius 1 is 1.18 bits per heavy atom. The lowest BCUT2D eigenvalue weighted by Gasteiger charge is -2.36. The summed E-state index contributed by atoms with van der Waals surface area (Å²) in [7, 11) is 1.77. The van der Waals surface area contributed by atoms with Crippen molar-refractivity contribution in [3.63, 3.8) is 0 Å². The molecule has 1 aliphatic heterocycles. The van der Waals surface area contributed by atoms with Gasteiger partial charge < -0.3 is 15.2 Å². The summed E-state index contributed by atoms with van der Waals surface area (Å²) in [6.45, 7) is 2.69. The smallest absolute Gasteiger partial charge is 0.244 e. The molecule has 0 saturated carbocycles. The Morgan fingerprint density at radius 2 is 1.96 bits per heavy atom. The van der Waals surface area contributed by atoms with Crippen LogP contribution in [0.25, 0.3) is 10.9 Å². The van der Waals surface area contributed by atoms with E-state index >= 15 is 0 Å². The van der Waals surface area contributed by atoms with Gasteiger partial charge in [0.05, 0.1) is 16.1 Å². The van der Waals surface area contributed by atoms with Gasteiger partial charge in [0.15, 0.2) is 0 Å². The lowest BCUT2D eigenvalue weighted by molar-refractivity contribution is -0.136. The number of nitrogens with one attached hydrogen (secondary N) is 2. The van der Waals surface area contributed by atoms with Crippen molar-refractivity contribution in [2.75, 3.05) is 13.6 Å². The van der Waals surface area contributed by atoms with Crippen LogP contribution in [0.15, 0.2) is 36.4 Å². The Balaban J connectivity index is 1.67. The van der Waals surface area contributed by atoms with E-state index in [1.165, 1.54) is 5.56 Å². The number of aromatic nitrogens is 1. The fourth-order valence-corrected chi connectivity index (χ4v) is 4.52. The maximum Gasteiger partial charge on any atom is 0.244 e. The summed E-state index contributed by atoms with van der Waals surface area (Å²) in [4.78, 5) is 18.8. The maximum atomic E-state index is 13.4. The van der Waals surface area contributed by atoms with Gasteiger partial charge >= 0.3 is 0 Å². The second-order valence-corrected chi connectivity index (χ2v) is 8.31. The molecule has 2 atom stereocenters. The highest BCUT2D eigenvalue weighted by Crippen LogP contribution is 2.37. The molecule has 4 nitrogen and oxygen atoms in total. The number of fused-ring (bicyclic) bond motifs is 3. The van der Waals surface area contributed by atoms with Crippen LogP contribution in [0.3, 0.4) is 0 Å². The number of benzene rings is 2. The fourth-order valence-electron chi connectivity index (χ4n) is 4.04. The third-order valence-corrected chi connectivity index (χ3v) is 6.46. The number of carbonyl (C=O) groups is 1. The monoisotopic (exact) mass is 435 g/mol. The van der Waals surface area contributed by atoms with E-state index in [1.807, 2.05) is 29.2 Å². The summed E-state index contributed by atoms with van der Waals surface area (Å²) in [5, 5.41) is 5.88. The van der Waals surface area contributed by atoms with Crippen molar-refractivity contribution in [1.82, 2.24) is 15.2 Å². The summed E-state index contributed by atoms with van der Waals surface area (Å²) in [6.07, 6.45) is 0.781. The van der Waals surface area contributed by atoms with Crippen molar-refractivity contribution in [3.05, 3.63) is 68.3 Å². The molecule has 2 unspecified atom stereocenters. The fraction of sp³-hybridized carbons (Fsp3) is 0.286. The summed E-state index contributed by atoms with van der Waals surface area (Å²) < 4.78 is 0. The first kappa shape index (κ1) is 19.6. The second-order valence-electron chi connectivity index (χ2n) is 7.06. The Morgan fingerprint density at radius 3 is 2.68 bits per heavy atom. The van der Waals surface area contributed by atoms with Crippen LogP contribution < -0.4 is 5.32 Å². The lowest BCUT2D eigenvalue weighted by Crippen LogP contribution is -2.44. The van der Waals surface area contributed by atoms with Gasteiger partial charge in [0.1, 0.15) is 6.04 Å². The molecule has 0 radical (unpaired) electrons. The van der Waals surface area contributed by atoms with Crippen LogP contribution in [0.2, 0.25) is 15.1 Å². The van der Waals surface area contributed by atoms with Crippen molar-refractivity contribution >= 4 is 51.6 Å². The van der Waals surface area contributed by atoms with E-state index in [0.29, 0.717) is 16.6 Å². The molecular weight excluding hydrogens is 417 g/mol. The topological polar surface area (TPSA) is 48.1 Å². The van der Waals surface area contributed by atoms with Gasteiger partial charge in [0.2, 0.25) is 5.91 Å². The third kappa shape index (κ3) is 3.29. The molecule has 0 fully saturated rings. The zero-order valence-corrected chi connectivity index (χ0v) is 17.8. The van der Waals surface area contributed by atoms with Gasteiger partial charge in [0, 0.05) is 28.2 Å². The highest BCUT2D eigenvalue weighted by molar-refractivity contribution is 6.42. The van der Waals surface area contributed by atoms with Crippen LogP contribution in [0.5, 0.6) is 0 Å². The molecular formula is C21H20Cl3N3O. The van der Waals surface area contributed by atoms with Gasteiger partial charge in [-0.1, -0.05) is 40.9 Å². The van der Waals surface area contributed by atoms with Crippen molar-refractivity contribution in [2.24, 2.45) is 0 Å². The molecule has 2 aromatic carbocycles. The highest BCUT2D eigenvalue weighted by atomic mass is 35.5. The van der Waals surface area contributed by atoms with Crippen LogP contribution in [-0.2, 0) is 11.2 Å². The standard InChI is InChI=1S/C21H20Cl3N3O/c1-11-19-14(15-10-13(22)4-6-18(15)26-19)7-8-27(11)21(28)20(25-2)12-3-5-16(23)17(24)9-12/h3-6,9-11,20,25-26H,7-8H2,1-2H3. The van der Waals surface area contributed by atoms with Gasteiger partial charge in [-0.25, -0.2) is 0 Å². The molecule has 1 aliphatic rings. The van der Waals surface area contributed by atoms with E-state index in [2.05, 4.69) is 17.2 Å². The third-order valence-electron chi connectivity index (χ3n) is 5.48. The van der Waals surface area contributed by atoms with E-state index in [-0.39, 0.29) is 11.9 Å². The van der Waals surface area contributed by atoms with E-state index in [0.717, 1.165) is 33.6 Å². The number of hydrogen-bond donors (Lipinski definition) is 2. The van der Waals surface area contributed by atoms with E-state index in [4.69, 9.17) is 34.8 Å². The molecule has 1 amide bonds. The largest absolute Gasteiger partial charge is 0.356 e. The molecule has 2 heterocycles. The predicted octanol–water partition coefficient (Wildman–Crippen LogP) is 5.53. The molecule has 2 N–H and O–H groups in total. The second kappa shape index (κ2) is 7.60. The van der Waals surface area contributed by atoms with Crippen LogP contribution in [0.4, 0.5) is 0 Å². The van der Waals surface area contributed by atoms with E-state index in [9.17, 15) is 4.79 Å². The van der Waals surface area contributed by atoms with Crippen LogP contribution in [0, 0.1) is 0 Å². The molecule has 0 spiro atoms. The molecule has 0 bridgehead atoms. The number of rotatable bonds is 3. The Bertz CT molecular complexity index is 1060. The number of nitrogens with zero attached hydrogens (tertiary/aromatic N) is 1. The first-order valence-electron chi connectivity index (χ1n) is 9.13. The van der Waals surface area contributed by atoms with Gasteiger partial charge in [-0.3, -0.25) is 4.79 Å². The SMILES string of the molecule is CNC(C(=O)N1CCc2c([nH]c3ccc(Cl)cc23)C1C)c1ccc(Cl)c(Cl)c1. The Kier molecular flexibility index (Phi) is 5.32. The van der Waals surface area contributed by atoms with Crippen molar-refractivity contribution in [3.8, 4) is 0 Å². The molecule has 146 valence electrons. The summed E-state index contributed by atoms with van der Waals surface area (Å²) >= 11 is 18.4. The molecule has 7 heteroatoms. The van der Waals surface area contributed by atoms with Gasteiger partial charge in [-0.15, -0.1) is 0 Å². The minimum atomic E-state index is -0.488. The number of amides is 1. The molecule has 0 aliphatic carbocycles.